The highest BCUT2D eigenvalue weighted by molar-refractivity contribution is 7.09. The standard InChI is InChI=1S/C7H13N3OS/c1-3-5(2)11-4-6-7(8)12-10-9-6/h5H,3-4,8H2,1-2H3. The molecule has 1 unspecified atom stereocenters. The van der Waals surface area contributed by atoms with Crippen molar-refractivity contribution >= 4 is 16.5 Å². The van der Waals surface area contributed by atoms with E-state index in [1.807, 2.05) is 6.92 Å². The van der Waals surface area contributed by atoms with Crippen molar-refractivity contribution in [2.45, 2.75) is 33.0 Å². The summed E-state index contributed by atoms with van der Waals surface area (Å²) in [6.07, 6.45) is 1.25. The normalized spacial score (nSPS) is 13.2. The molecule has 4 nitrogen and oxygen atoms in total. The van der Waals surface area contributed by atoms with E-state index >= 15 is 0 Å². The molecule has 0 bridgehead atoms. The molecule has 1 aromatic rings. The molecule has 0 fully saturated rings. The van der Waals surface area contributed by atoms with Crippen LogP contribution >= 0.6 is 11.5 Å². The lowest BCUT2D eigenvalue weighted by atomic mass is 10.3. The summed E-state index contributed by atoms with van der Waals surface area (Å²) in [7, 11) is 0. The van der Waals surface area contributed by atoms with Crippen LogP contribution in [0.4, 0.5) is 5.00 Å². The summed E-state index contributed by atoms with van der Waals surface area (Å²) in [5.41, 5.74) is 6.33. The van der Waals surface area contributed by atoms with Crippen molar-refractivity contribution < 1.29 is 4.74 Å². The minimum absolute atomic E-state index is 0.256. The van der Waals surface area contributed by atoms with Crippen molar-refractivity contribution in [3.63, 3.8) is 0 Å². The molecule has 1 heterocycles. The van der Waals surface area contributed by atoms with E-state index in [0.29, 0.717) is 11.6 Å². The fourth-order valence-electron chi connectivity index (χ4n) is 0.655. The molecule has 1 atom stereocenters. The van der Waals surface area contributed by atoms with E-state index in [9.17, 15) is 0 Å². The quantitative estimate of drug-likeness (QED) is 0.774. The first-order chi connectivity index (χ1) is 5.74. The van der Waals surface area contributed by atoms with Crippen molar-refractivity contribution in [1.29, 1.82) is 0 Å². The van der Waals surface area contributed by atoms with Gasteiger partial charge in [0.25, 0.3) is 0 Å². The van der Waals surface area contributed by atoms with E-state index in [1.165, 1.54) is 11.5 Å². The van der Waals surface area contributed by atoms with Gasteiger partial charge in [-0.1, -0.05) is 11.4 Å². The van der Waals surface area contributed by atoms with Gasteiger partial charge in [-0.2, -0.15) is 0 Å². The lowest BCUT2D eigenvalue weighted by Gasteiger charge is -2.08. The van der Waals surface area contributed by atoms with E-state index in [4.69, 9.17) is 10.5 Å². The zero-order chi connectivity index (χ0) is 8.97. The number of rotatable bonds is 4. The highest BCUT2D eigenvalue weighted by Gasteiger charge is 2.05. The molecule has 1 aromatic heterocycles. The van der Waals surface area contributed by atoms with Gasteiger partial charge in [-0.25, -0.2) is 0 Å². The molecule has 0 amide bonds. The van der Waals surface area contributed by atoms with Gasteiger partial charge in [0.1, 0.15) is 10.7 Å². The summed E-state index contributed by atoms with van der Waals surface area (Å²) >= 11 is 1.20. The predicted octanol–water partition coefficient (Wildman–Crippen LogP) is 1.44. The Morgan fingerprint density at radius 3 is 2.92 bits per heavy atom. The number of nitrogens with zero attached hydrogens (tertiary/aromatic N) is 2. The van der Waals surface area contributed by atoms with E-state index in [0.717, 1.165) is 12.1 Å². The summed E-state index contributed by atoms with van der Waals surface area (Å²) in [4.78, 5) is 0. The maximum absolute atomic E-state index is 5.58. The Morgan fingerprint density at radius 2 is 2.42 bits per heavy atom. The topological polar surface area (TPSA) is 61.0 Å². The fourth-order valence-corrected chi connectivity index (χ4v) is 1.09. The number of hydrogen-bond donors (Lipinski definition) is 1. The van der Waals surface area contributed by atoms with Crippen molar-refractivity contribution in [2.24, 2.45) is 0 Å². The molecular formula is C7H13N3OS. The van der Waals surface area contributed by atoms with Gasteiger partial charge in [0.15, 0.2) is 0 Å². The van der Waals surface area contributed by atoms with E-state index in [2.05, 4.69) is 16.5 Å². The van der Waals surface area contributed by atoms with Gasteiger partial charge in [0.2, 0.25) is 0 Å². The molecule has 0 radical (unpaired) electrons. The van der Waals surface area contributed by atoms with Crippen LogP contribution < -0.4 is 5.73 Å². The summed E-state index contributed by atoms with van der Waals surface area (Å²) in [6, 6.07) is 0. The van der Waals surface area contributed by atoms with Crippen LogP contribution in [0.1, 0.15) is 26.0 Å². The lowest BCUT2D eigenvalue weighted by Crippen LogP contribution is -2.07. The number of aromatic nitrogens is 2. The van der Waals surface area contributed by atoms with Gasteiger partial charge in [-0.15, -0.1) is 5.10 Å². The first-order valence-electron chi connectivity index (χ1n) is 3.92. The highest BCUT2D eigenvalue weighted by atomic mass is 32.1. The van der Waals surface area contributed by atoms with Gasteiger partial charge in [-0.05, 0) is 13.3 Å². The van der Waals surface area contributed by atoms with Crippen LogP contribution in [0.3, 0.4) is 0 Å². The molecule has 0 spiro atoms. The van der Waals surface area contributed by atoms with Crippen molar-refractivity contribution in [3.05, 3.63) is 5.69 Å². The average molecular weight is 187 g/mol. The van der Waals surface area contributed by atoms with Gasteiger partial charge < -0.3 is 10.5 Å². The van der Waals surface area contributed by atoms with E-state index in [1.54, 1.807) is 0 Å². The Kier molecular flexibility index (Phi) is 3.43. The van der Waals surface area contributed by atoms with Gasteiger partial charge >= 0.3 is 0 Å². The first-order valence-corrected chi connectivity index (χ1v) is 4.69. The van der Waals surface area contributed by atoms with Crippen LogP contribution in [-0.4, -0.2) is 15.7 Å². The maximum Gasteiger partial charge on any atom is 0.133 e. The fraction of sp³-hybridized carbons (Fsp3) is 0.714. The number of anilines is 1. The molecule has 0 aliphatic heterocycles. The SMILES string of the molecule is CCC(C)OCc1nnsc1N. The molecule has 0 aliphatic rings. The predicted molar refractivity (Wildman–Crippen MR) is 48.9 cm³/mol. The molecule has 0 saturated carbocycles. The van der Waals surface area contributed by atoms with Crippen LogP contribution in [0.2, 0.25) is 0 Å². The second kappa shape index (κ2) is 4.37. The number of ether oxygens (including phenoxy) is 1. The summed E-state index contributed by atoms with van der Waals surface area (Å²) in [6.45, 7) is 4.57. The van der Waals surface area contributed by atoms with Crippen LogP contribution in [0.25, 0.3) is 0 Å². The van der Waals surface area contributed by atoms with E-state index < -0.39 is 0 Å². The monoisotopic (exact) mass is 187 g/mol. The van der Waals surface area contributed by atoms with E-state index in [-0.39, 0.29) is 6.10 Å². The van der Waals surface area contributed by atoms with Gasteiger partial charge in [0, 0.05) is 11.5 Å². The number of nitrogen functional groups attached to an aromatic ring is 1. The molecule has 5 heteroatoms. The molecule has 0 aliphatic carbocycles. The Labute approximate surface area is 75.9 Å². The zero-order valence-corrected chi connectivity index (χ0v) is 8.10. The molecule has 0 saturated heterocycles. The van der Waals surface area contributed by atoms with Crippen molar-refractivity contribution in [2.75, 3.05) is 5.73 Å². The Hall–Kier alpha value is -0.680. The smallest absolute Gasteiger partial charge is 0.133 e. The van der Waals surface area contributed by atoms with Crippen LogP contribution in [0.15, 0.2) is 0 Å². The zero-order valence-electron chi connectivity index (χ0n) is 7.28. The van der Waals surface area contributed by atoms with Crippen LogP contribution in [0.5, 0.6) is 0 Å². The second-order valence-electron chi connectivity index (χ2n) is 2.61. The van der Waals surface area contributed by atoms with Crippen molar-refractivity contribution in [1.82, 2.24) is 9.59 Å². The van der Waals surface area contributed by atoms with Crippen LogP contribution in [0, 0.1) is 0 Å². The molecule has 12 heavy (non-hydrogen) atoms. The molecule has 68 valence electrons. The Balaban J connectivity index is 2.38. The minimum Gasteiger partial charge on any atom is -0.388 e. The third-order valence-corrected chi connectivity index (χ3v) is 2.26. The summed E-state index contributed by atoms with van der Waals surface area (Å²) in [5.74, 6) is 0. The van der Waals surface area contributed by atoms with Crippen molar-refractivity contribution in [3.8, 4) is 0 Å². The largest absolute Gasteiger partial charge is 0.388 e. The molecule has 2 N–H and O–H groups in total. The minimum atomic E-state index is 0.256. The van der Waals surface area contributed by atoms with Crippen LogP contribution in [-0.2, 0) is 11.3 Å². The Morgan fingerprint density at radius 1 is 1.67 bits per heavy atom. The molecule has 0 aromatic carbocycles. The number of nitrogens with two attached hydrogens (primary N) is 1. The third-order valence-electron chi connectivity index (χ3n) is 1.66. The summed E-state index contributed by atoms with van der Waals surface area (Å²) in [5, 5.41) is 4.49. The second-order valence-corrected chi connectivity index (χ2v) is 3.40. The summed E-state index contributed by atoms with van der Waals surface area (Å²) < 4.78 is 9.15. The van der Waals surface area contributed by atoms with Gasteiger partial charge in [0.05, 0.1) is 12.7 Å². The maximum atomic E-state index is 5.58. The highest BCUT2D eigenvalue weighted by Crippen LogP contribution is 2.14. The lowest BCUT2D eigenvalue weighted by molar-refractivity contribution is 0.0492. The molecular weight excluding hydrogens is 174 g/mol. The first kappa shape index (κ1) is 9.41. The Bertz CT molecular complexity index is 238. The van der Waals surface area contributed by atoms with Gasteiger partial charge in [-0.3, -0.25) is 0 Å². The number of hydrogen-bond acceptors (Lipinski definition) is 5. The average Bonchev–Trinajstić information content (AvgIpc) is 2.47. The third kappa shape index (κ3) is 2.42. The molecule has 1 rings (SSSR count).